The van der Waals surface area contributed by atoms with E-state index >= 15 is 0 Å². The van der Waals surface area contributed by atoms with Gasteiger partial charge in [0.15, 0.2) is 5.78 Å². The topological polar surface area (TPSA) is 74.8 Å². The summed E-state index contributed by atoms with van der Waals surface area (Å²) in [6.07, 6.45) is -4.72. The summed E-state index contributed by atoms with van der Waals surface area (Å²) in [6, 6.07) is 5.88. The minimum Gasteiger partial charge on any atom is -0.340 e. The molecule has 1 fully saturated rings. The summed E-state index contributed by atoms with van der Waals surface area (Å²) in [7, 11) is -4.18. The van der Waals surface area contributed by atoms with Crippen LogP contribution in [0.3, 0.4) is 0 Å². The molecule has 1 aromatic heterocycles. The lowest BCUT2D eigenvalue weighted by Gasteiger charge is -2.34. The predicted octanol–water partition coefficient (Wildman–Crippen LogP) is 3.92. The van der Waals surface area contributed by atoms with Gasteiger partial charge in [-0.05, 0) is 29.6 Å². The van der Waals surface area contributed by atoms with E-state index in [0.717, 1.165) is 16.4 Å². The molecule has 0 radical (unpaired) electrons. The van der Waals surface area contributed by atoms with E-state index < -0.39 is 31.7 Å². The Kier molecular flexibility index (Phi) is 7.09. The Bertz CT molecular complexity index is 1060. The lowest BCUT2D eigenvalue weighted by molar-refractivity contribution is -0.137. The fraction of sp³-hybridized carbons (Fsp3) is 0.368. The van der Waals surface area contributed by atoms with Crippen LogP contribution < -0.4 is 0 Å². The maximum absolute atomic E-state index is 13.1. The summed E-state index contributed by atoms with van der Waals surface area (Å²) in [6.45, 7) is 0.0593. The van der Waals surface area contributed by atoms with Gasteiger partial charge in [-0.15, -0.1) is 11.3 Å². The largest absolute Gasteiger partial charge is 0.417 e. The van der Waals surface area contributed by atoms with E-state index in [1.165, 1.54) is 16.2 Å². The van der Waals surface area contributed by atoms with Crippen LogP contribution in [0.15, 0.2) is 40.6 Å². The fourth-order valence-corrected chi connectivity index (χ4v) is 5.52. The highest BCUT2D eigenvalue weighted by Gasteiger charge is 2.36. The summed E-state index contributed by atoms with van der Waals surface area (Å²) in [5.41, 5.74) is -1.22. The first-order valence-corrected chi connectivity index (χ1v) is 11.9. The van der Waals surface area contributed by atoms with Crippen LogP contribution in [0.1, 0.15) is 28.1 Å². The number of benzene rings is 1. The number of carbonyl (C=O) groups is 2. The van der Waals surface area contributed by atoms with Crippen molar-refractivity contribution < 1.29 is 31.2 Å². The minimum absolute atomic E-state index is 0.00953. The van der Waals surface area contributed by atoms with E-state index in [2.05, 4.69) is 0 Å². The number of alkyl halides is 3. The van der Waals surface area contributed by atoms with Gasteiger partial charge >= 0.3 is 6.18 Å². The molecule has 6 nitrogen and oxygen atoms in total. The molecule has 0 bridgehead atoms. The van der Waals surface area contributed by atoms with Crippen molar-refractivity contribution in [2.75, 3.05) is 26.2 Å². The zero-order chi connectivity index (χ0) is 22.8. The molecule has 1 aliphatic rings. The Morgan fingerprint density at radius 1 is 1.06 bits per heavy atom. The SMILES string of the molecule is O=C(CCC(=O)N1CCN(S(=O)(=O)c2ccc(Cl)c(C(F)(F)F)c2)CC1)c1cccs1. The smallest absolute Gasteiger partial charge is 0.340 e. The van der Waals surface area contributed by atoms with Crippen molar-refractivity contribution in [3.05, 3.63) is 51.2 Å². The maximum atomic E-state index is 13.1. The summed E-state index contributed by atoms with van der Waals surface area (Å²) < 4.78 is 65.8. The van der Waals surface area contributed by atoms with E-state index in [4.69, 9.17) is 11.6 Å². The molecule has 1 aliphatic heterocycles. The number of rotatable bonds is 6. The maximum Gasteiger partial charge on any atom is 0.417 e. The van der Waals surface area contributed by atoms with E-state index in [-0.39, 0.29) is 50.7 Å². The highest BCUT2D eigenvalue weighted by atomic mass is 35.5. The first kappa shape index (κ1) is 23.7. The van der Waals surface area contributed by atoms with Crippen LogP contribution in [-0.4, -0.2) is 55.5 Å². The van der Waals surface area contributed by atoms with E-state index in [9.17, 15) is 31.2 Å². The Morgan fingerprint density at radius 2 is 1.74 bits per heavy atom. The second-order valence-corrected chi connectivity index (χ2v) is 10.1. The molecule has 0 aliphatic carbocycles. The Morgan fingerprint density at radius 3 is 2.32 bits per heavy atom. The standard InChI is InChI=1S/C19H18ClF3N2O4S2/c20-15-4-3-13(12-14(15)19(21,22)23)31(28,29)25-9-7-24(8-10-25)18(27)6-5-16(26)17-2-1-11-30-17/h1-4,11-12H,5-10H2. The number of hydrogen-bond acceptors (Lipinski definition) is 5. The average molecular weight is 495 g/mol. The first-order chi connectivity index (χ1) is 14.5. The number of thiophene rings is 1. The van der Waals surface area contributed by atoms with Gasteiger partial charge in [-0.25, -0.2) is 8.42 Å². The molecule has 3 rings (SSSR count). The van der Waals surface area contributed by atoms with E-state index in [0.29, 0.717) is 10.9 Å². The molecule has 1 amide bonds. The van der Waals surface area contributed by atoms with Crippen LogP contribution in [0, 0.1) is 0 Å². The van der Waals surface area contributed by atoms with Crippen molar-refractivity contribution in [3.8, 4) is 0 Å². The third-order valence-corrected chi connectivity index (χ3v) is 7.97. The van der Waals surface area contributed by atoms with Gasteiger partial charge in [0, 0.05) is 39.0 Å². The zero-order valence-electron chi connectivity index (χ0n) is 16.1. The number of Topliss-reactive ketones (excluding diaryl/α,β-unsaturated/α-hetero) is 1. The molecule has 168 valence electrons. The Labute approximate surface area is 186 Å². The Balaban J connectivity index is 1.61. The average Bonchev–Trinajstić information content (AvgIpc) is 3.26. The lowest BCUT2D eigenvalue weighted by atomic mass is 10.1. The van der Waals surface area contributed by atoms with Crippen molar-refractivity contribution in [2.24, 2.45) is 0 Å². The lowest BCUT2D eigenvalue weighted by Crippen LogP contribution is -2.50. The summed E-state index contributed by atoms with van der Waals surface area (Å²) >= 11 is 6.86. The van der Waals surface area contributed by atoms with Gasteiger partial charge < -0.3 is 4.90 Å². The van der Waals surface area contributed by atoms with Gasteiger partial charge in [-0.1, -0.05) is 17.7 Å². The fourth-order valence-electron chi connectivity index (χ4n) is 3.15. The molecule has 1 saturated heterocycles. The van der Waals surface area contributed by atoms with Crippen LogP contribution in [0.25, 0.3) is 0 Å². The van der Waals surface area contributed by atoms with Crippen molar-refractivity contribution in [3.63, 3.8) is 0 Å². The molecule has 0 saturated carbocycles. The number of hydrogen-bond donors (Lipinski definition) is 0. The molecule has 2 heterocycles. The summed E-state index contributed by atoms with van der Waals surface area (Å²) in [5.74, 6) is -0.402. The molecule has 31 heavy (non-hydrogen) atoms. The first-order valence-electron chi connectivity index (χ1n) is 9.21. The van der Waals surface area contributed by atoms with Gasteiger partial charge in [0.25, 0.3) is 0 Å². The highest BCUT2D eigenvalue weighted by Crippen LogP contribution is 2.36. The second kappa shape index (κ2) is 9.27. The van der Waals surface area contributed by atoms with Gasteiger partial charge in [-0.3, -0.25) is 9.59 Å². The van der Waals surface area contributed by atoms with Gasteiger partial charge in [0.1, 0.15) is 0 Å². The van der Waals surface area contributed by atoms with Crippen LogP contribution >= 0.6 is 22.9 Å². The minimum atomic E-state index is -4.78. The van der Waals surface area contributed by atoms with Crippen molar-refractivity contribution in [1.29, 1.82) is 0 Å². The molecular weight excluding hydrogens is 477 g/mol. The normalized spacial score (nSPS) is 15.8. The molecule has 0 atom stereocenters. The molecular formula is C19H18ClF3N2O4S2. The predicted molar refractivity (Wildman–Crippen MR) is 110 cm³/mol. The molecule has 12 heteroatoms. The van der Waals surface area contributed by atoms with Crippen LogP contribution in [-0.2, 0) is 21.0 Å². The van der Waals surface area contributed by atoms with Gasteiger partial charge in [0.05, 0.1) is 20.4 Å². The number of nitrogens with zero attached hydrogens (tertiary/aromatic N) is 2. The number of sulfonamides is 1. The van der Waals surface area contributed by atoms with Crippen molar-refractivity contribution in [2.45, 2.75) is 23.9 Å². The van der Waals surface area contributed by atoms with Crippen molar-refractivity contribution in [1.82, 2.24) is 9.21 Å². The highest BCUT2D eigenvalue weighted by molar-refractivity contribution is 7.89. The summed E-state index contributed by atoms with van der Waals surface area (Å²) in [4.78, 5) is 25.9. The molecule has 0 N–H and O–H groups in total. The van der Waals surface area contributed by atoms with Crippen molar-refractivity contribution >= 4 is 44.7 Å². The molecule has 0 spiro atoms. The van der Waals surface area contributed by atoms with Gasteiger partial charge in [0.2, 0.25) is 15.9 Å². The van der Waals surface area contributed by atoms with E-state index in [1.54, 1.807) is 17.5 Å². The number of halogens is 4. The van der Waals surface area contributed by atoms with Crippen LogP contribution in [0.4, 0.5) is 13.2 Å². The third-order valence-electron chi connectivity index (χ3n) is 4.83. The Hall–Kier alpha value is -1.95. The van der Waals surface area contributed by atoms with E-state index in [1.807, 2.05) is 0 Å². The number of carbonyl (C=O) groups excluding carboxylic acids is 2. The van der Waals surface area contributed by atoms with Crippen LogP contribution in [0.5, 0.6) is 0 Å². The third kappa shape index (κ3) is 5.46. The molecule has 1 aromatic carbocycles. The number of piperazine rings is 1. The van der Waals surface area contributed by atoms with Gasteiger partial charge in [-0.2, -0.15) is 17.5 Å². The zero-order valence-corrected chi connectivity index (χ0v) is 18.5. The monoisotopic (exact) mass is 494 g/mol. The second-order valence-electron chi connectivity index (χ2n) is 6.82. The molecule has 0 unspecified atom stereocenters. The summed E-state index contributed by atoms with van der Waals surface area (Å²) in [5, 5.41) is 1.19. The quantitative estimate of drug-likeness (QED) is 0.570. The van der Waals surface area contributed by atoms with Crippen LogP contribution in [0.2, 0.25) is 5.02 Å². The molecule has 2 aromatic rings. The number of ketones is 1. The number of amides is 1.